The third-order valence-corrected chi connectivity index (χ3v) is 6.68. The first-order valence-corrected chi connectivity index (χ1v) is 10.9. The lowest BCUT2D eigenvalue weighted by atomic mass is 9.77. The number of hydrogen-bond acceptors (Lipinski definition) is 1. The van der Waals surface area contributed by atoms with E-state index in [2.05, 4.69) is 81.5 Å². The van der Waals surface area contributed by atoms with Gasteiger partial charge in [-0.05, 0) is 78.5 Å². The van der Waals surface area contributed by atoms with E-state index in [0.29, 0.717) is 0 Å². The summed E-state index contributed by atoms with van der Waals surface area (Å²) in [5.74, 6) is 3.30. The standard InChI is InChI=1S/C18H28.C8H9N/c1-13-11-15(3)14(2)9-10-17-7-5-6-8-18(17)16(4)12-13;1-2-4-8-7(3-1)5-6-9-8/h5-8,13-16H,9-12H2,1-4H3;1-4,9H,5-6H2. The van der Waals surface area contributed by atoms with E-state index >= 15 is 0 Å². The van der Waals surface area contributed by atoms with Gasteiger partial charge >= 0.3 is 0 Å². The molecule has 0 spiro atoms. The smallest absolute Gasteiger partial charge is 0.0373 e. The quantitative estimate of drug-likeness (QED) is 0.527. The summed E-state index contributed by atoms with van der Waals surface area (Å²) in [6.45, 7) is 10.8. The van der Waals surface area contributed by atoms with Crippen molar-refractivity contribution >= 4 is 5.69 Å². The Morgan fingerprint density at radius 2 is 1.44 bits per heavy atom. The first-order valence-electron chi connectivity index (χ1n) is 10.9. The van der Waals surface area contributed by atoms with Crippen molar-refractivity contribution in [3.8, 4) is 0 Å². The highest BCUT2D eigenvalue weighted by molar-refractivity contribution is 5.54. The summed E-state index contributed by atoms with van der Waals surface area (Å²) in [6, 6.07) is 17.6. The number of nitrogens with one attached hydrogen (secondary N) is 1. The van der Waals surface area contributed by atoms with Crippen LogP contribution in [0.1, 0.15) is 69.6 Å². The summed E-state index contributed by atoms with van der Waals surface area (Å²) >= 11 is 0. The fraction of sp³-hybridized carbons (Fsp3) is 0.538. The summed E-state index contributed by atoms with van der Waals surface area (Å²) in [6.07, 6.45) is 6.54. The summed E-state index contributed by atoms with van der Waals surface area (Å²) in [7, 11) is 0. The minimum absolute atomic E-state index is 0.719. The van der Waals surface area contributed by atoms with Crippen LogP contribution in [0.4, 0.5) is 5.69 Å². The van der Waals surface area contributed by atoms with Gasteiger partial charge in [0.25, 0.3) is 0 Å². The predicted octanol–water partition coefficient (Wildman–Crippen LogP) is 7.08. The lowest BCUT2D eigenvalue weighted by molar-refractivity contribution is 0.281. The molecule has 4 atom stereocenters. The Morgan fingerprint density at radius 3 is 2.22 bits per heavy atom. The number of rotatable bonds is 0. The monoisotopic (exact) mass is 363 g/mol. The molecule has 2 aromatic carbocycles. The third kappa shape index (κ3) is 5.37. The highest BCUT2D eigenvalue weighted by Crippen LogP contribution is 2.34. The van der Waals surface area contributed by atoms with Crippen molar-refractivity contribution in [1.82, 2.24) is 0 Å². The SMILES string of the molecule is CC1CC(C)c2ccccc2CCC(C)C(C)C1.c1ccc2c(c1)CCN2. The van der Waals surface area contributed by atoms with E-state index in [1.54, 1.807) is 11.1 Å². The van der Waals surface area contributed by atoms with E-state index in [1.165, 1.54) is 43.4 Å². The average molecular weight is 364 g/mol. The summed E-state index contributed by atoms with van der Waals surface area (Å²) in [5, 5.41) is 3.30. The molecule has 0 aromatic heterocycles. The fourth-order valence-corrected chi connectivity index (χ4v) is 4.85. The second-order valence-electron chi connectivity index (χ2n) is 9.00. The number of benzene rings is 2. The van der Waals surface area contributed by atoms with Gasteiger partial charge in [0, 0.05) is 12.2 Å². The van der Waals surface area contributed by atoms with Crippen LogP contribution < -0.4 is 5.32 Å². The molecule has 0 fully saturated rings. The van der Waals surface area contributed by atoms with Crippen LogP contribution in [-0.2, 0) is 12.8 Å². The Morgan fingerprint density at radius 1 is 0.741 bits per heavy atom. The molecule has 0 amide bonds. The van der Waals surface area contributed by atoms with E-state index < -0.39 is 0 Å². The number of hydrogen-bond donors (Lipinski definition) is 1. The first kappa shape index (κ1) is 20.0. The zero-order valence-electron chi connectivity index (χ0n) is 17.7. The highest BCUT2D eigenvalue weighted by atomic mass is 14.9. The van der Waals surface area contributed by atoms with Crippen LogP contribution in [0.25, 0.3) is 0 Å². The van der Waals surface area contributed by atoms with Crippen molar-refractivity contribution in [2.75, 3.05) is 11.9 Å². The molecule has 0 saturated carbocycles. The van der Waals surface area contributed by atoms with Gasteiger partial charge in [-0.25, -0.2) is 0 Å². The van der Waals surface area contributed by atoms with Crippen molar-refractivity contribution in [2.24, 2.45) is 17.8 Å². The van der Waals surface area contributed by atoms with E-state index in [9.17, 15) is 0 Å². The van der Waals surface area contributed by atoms with E-state index in [0.717, 1.165) is 30.2 Å². The average Bonchev–Trinajstić information content (AvgIpc) is 3.14. The Bertz CT molecular complexity index is 697. The van der Waals surface area contributed by atoms with Crippen LogP contribution in [-0.4, -0.2) is 6.54 Å². The van der Waals surface area contributed by atoms with E-state index in [-0.39, 0.29) is 0 Å². The summed E-state index contributed by atoms with van der Waals surface area (Å²) in [4.78, 5) is 0. The molecule has 27 heavy (non-hydrogen) atoms. The molecule has 2 aromatic rings. The van der Waals surface area contributed by atoms with Crippen molar-refractivity contribution in [3.63, 3.8) is 0 Å². The Kier molecular flexibility index (Phi) is 6.99. The molecule has 0 radical (unpaired) electrons. The maximum absolute atomic E-state index is 3.30. The van der Waals surface area contributed by atoms with Crippen molar-refractivity contribution < 1.29 is 0 Å². The van der Waals surface area contributed by atoms with Crippen LogP contribution >= 0.6 is 0 Å². The number of aryl methyl sites for hydroxylation is 1. The molecule has 0 bridgehead atoms. The number of fused-ring (bicyclic) bond motifs is 2. The lowest BCUT2D eigenvalue weighted by Crippen LogP contribution is -2.16. The highest BCUT2D eigenvalue weighted by Gasteiger charge is 2.21. The van der Waals surface area contributed by atoms with Crippen molar-refractivity contribution in [3.05, 3.63) is 65.2 Å². The minimum atomic E-state index is 0.719. The van der Waals surface area contributed by atoms with Crippen LogP contribution in [0, 0.1) is 17.8 Å². The molecule has 1 aliphatic carbocycles. The first-order chi connectivity index (χ1) is 13.0. The maximum Gasteiger partial charge on any atom is 0.0373 e. The van der Waals surface area contributed by atoms with E-state index in [4.69, 9.17) is 0 Å². The van der Waals surface area contributed by atoms with Crippen LogP contribution in [0.5, 0.6) is 0 Å². The molecule has 1 nitrogen and oxygen atoms in total. The normalized spacial score (nSPS) is 27.4. The molecule has 0 saturated heterocycles. The molecule has 2 aliphatic rings. The third-order valence-electron chi connectivity index (χ3n) is 6.68. The number of anilines is 1. The topological polar surface area (TPSA) is 12.0 Å². The Hall–Kier alpha value is -1.76. The van der Waals surface area contributed by atoms with E-state index in [1.807, 2.05) is 0 Å². The van der Waals surface area contributed by atoms with Gasteiger partial charge in [0.2, 0.25) is 0 Å². The summed E-state index contributed by atoms with van der Waals surface area (Å²) in [5.41, 5.74) is 5.97. The van der Waals surface area contributed by atoms with Gasteiger partial charge in [-0.1, -0.05) is 70.2 Å². The summed E-state index contributed by atoms with van der Waals surface area (Å²) < 4.78 is 0. The molecule has 1 heteroatoms. The second kappa shape index (κ2) is 9.44. The molecule has 146 valence electrons. The molecular formula is C26H37N. The minimum Gasteiger partial charge on any atom is -0.384 e. The molecule has 1 aliphatic heterocycles. The Balaban J connectivity index is 0.000000193. The van der Waals surface area contributed by atoms with Gasteiger partial charge < -0.3 is 5.32 Å². The molecular weight excluding hydrogens is 326 g/mol. The largest absolute Gasteiger partial charge is 0.384 e. The van der Waals surface area contributed by atoms with Gasteiger partial charge in [-0.2, -0.15) is 0 Å². The van der Waals surface area contributed by atoms with Gasteiger partial charge in [-0.3, -0.25) is 0 Å². The molecule has 1 N–H and O–H groups in total. The fourth-order valence-electron chi connectivity index (χ4n) is 4.85. The van der Waals surface area contributed by atoms with Gasteiger partial charge in [0.05, 0.1) is 0 Å². The molecule has 4 rings (SSSR count). The molecule has 4 unspecified atom stereocenters. The van der Waals surface area contributed by atoms with Crippen molar-refractivity contribution in [2.45, 2.75) is 65.7 Å². The Labute approximate surface area is 166 Å². The number of para-hydroxylation sites is 1. The van der Waals surface area contributed by atoms with Gasteiger partial charge in [0.15, 0.2) is 0 Å². The lowest BCUT2D eigenvalue weighted by Gasteiger charge is -2.28. The van der Waals surface area contributed by atoms with Crippen LogP contribution in [0.3, 0.4) is 0 Å². The van der Waals surface area contributed by atoms with Crippen molar-refractivity contribution in [1.29, 1.82) is 0 Å². The van der Waals surface area contributed by atoms with Gasteiger partial charge in [0.1, 0.15) is 0 Å². The molecule has 1 heterocycles. The van der Waals surface area contributed by atoms with Crippen LogP contribution in [0.2, 0.25) is 0 Å². The zero-order valence-corrected chi connectivity index (χ0v) is 17.7. The zero-order chi connectivity index (χ0) is 19.2. The maximum atomic E-state index is 3.30. The predicted molar refractivity (Wildman–Crippen MR) is 119 cm³/mol. The second-order valence-corrected chi connectivity index (χ2v) is 9.00. The van der Waals surface area contributed by atoms with Crippen LogP contribution in [0.15, 0.2) is 48.5 Å². The van der Waals surface area contributed by atoms with Gasteiger partial charge in [-0.15, -0.1) is 0 Å².